The number of hydrogen-bond donors (Lipinski definition) is 1. The van der Waals surface area contributed by atoms with E-state index in [1.165, 1.54) is 0 Å². The van der Waals surface area contributed by atoms with Gasteiger partial charge in [-0.1, -0.05) is 40.2 Å². The van der Waals surface area contributed by atoms with Gasteiger partial charge in [-0.3, -0.25) is 4.79 Å². The summed E-state index contributed by atoms with van der Waals surface area (Å²) in [6, 6.07) is 14.1. The number of nitrogens with two attached hydrogens (primary N) is 1. The van der Waals surface area contributed by atoms with E-state index in [1.54, 1.807) is 43.3 Å². The summed E-state index contributed by atoms with van der Waals surface area (Å²) in [6.07, 6.45) is 0. The van der Waals surface area contributed by atoms with E-state index in [1.807, 2.05) is 12.1 Å². The minimum absolute atomic E-state index is 0.102. The van der Waals surface area contributed by atoms with Crippen molar-refractivity contribution in [3.05, 3.63) is 73.3 Å². The summed E-state index contributed by atoms with van der Waals surface area (Å²) < 4.78 is 6.66. The van der Waals surface area contributed by atoms with Crippen LogP contribution in [-0.4, -0.2) is 18.4 Å². The van der Waals surface area contributed by atoms with E-state index in [2.05, 4.69) is 38.5 Å². The van der Waals surface area contributed by atoms with Crippen molar-refractivity contribution in [2.75, 3.05) is 6.61 Å². The summed E-state index contributed by atoms with van der Waals surface area (Å²) in [5.74, 6) is -1.20. The highest BCUT2D eigenvalue weighted by Crippen LogP contribution is 2.24. The van der Waals surface area contributed by atoms with Gasteiger partial charge < -0.3 is 10.5 Å². The number of ketones is 1. The average Bonchev–Trinajstić information content (AvgIpc) is 2.56. The predicted octanol–water partition coefficient (Wildman–Crippen LogP) is 4.17. The van der Waals surface area contributed by atoms with Gasteiger partial charge in [-0.05, 0) is 59.3 Å². The number of rotatable bonds is 5. The Morgan fingerprint density at radius 3 is 2.33 bits per heavy atom. The van der Waals surface area contributed by atoms with Gasteiger partial charge >= 0.3 is 5.97 Å². The van der Waals surface area contributed by atoms with Gasteiger partial charge in [0.2, 0.25) is 5.78 Å². The third-order valence-electron chi connectivity index (χ3n) is 3.25. The zero-order valence-electron chi connectivity index (χ0n) is 12.9. The quantitative estimate of drug-likeness (QED) is 0.167. The maximum Gasteiger partial charge on any atom is 0.344 e. The van der Waals surface area contributed by atoms with Crippen LogP contribution >= 0.6 is 38.5 Å². The molecule has 4 nitrogen and oxygen atoms in total. The molecule has 0 aliphatic heterocycles. The smallest absolute Gasteiger partial charge is 0.344 e. The van der Waals surface area contributed by atoms with Crippen molar-refractivity contribution in [3.8, 4) is 0 Å². The lowest BCUT2D eigenvalue weighted by atomic mass is 9.98. The van der Waals surface area contributed by atoms with E-state index in [9.17, 15) is 9.59 Å². The molecule has 0 atom stereocenters. The van der Waals surface area contributed by atoms with Crippen LogP contribution < -0.4 is 5.73 Å². The second-order valence-corrected chi connectivity index (χ2v) is 6.92. The van der Waals surface area contributed by atoms with Gasteiger partial charge in [-0.15, -0.1) is 0 Å². The molecule has 24 heavy (non-hydrogen) atoms. The van der Waals surface area contributed by atoms with Crippen molar-refractivity contribution in [3.63, 3.8) is 0 Å². The lowest BCUT2D eigenvalue weighted by Gasteiger charge is -2.12. The van der Waals surface area contributed by atoms with Crippen LogP contribution in [0.4, 0.5) is 0 Å². The van der Waals surface area contributed by atoms with E-state index in [-0.39, 0.29) is 17.9 Å². The van der Waals surface area contributed by atoms with Crippen LogP contribution in [0.15, 0.2) is 58.6 Å². The van der Waals surface area contributed by atoms with E-state index in [0.29, 0.717) is 15.6 Å². The van der Waals surface area contributed by atoms with Crippen LogP contribution in [-0.2, 0) is 9.53 Å². The second-order valence-electron chi connectivity index (χ2n) is 4.83. The lowest BCUT2D eigenvalue weighted by molar-refractivity contribution is -0.138. The molecule has 2 rings (SSSR count). The van der Waals surface area contributed by atoms with Crippen LogP contribution in [0, 0.1) is 3.57 Å². The summed E-state index contributed by atoms with van der Waals surface area (Å²) in [4.78, 5) is 25.2. The van der Waals surface area contributed by atoms with Crippen molar-refractivity contribution in [2.45, 2.75) is 6.92 Å². The standard InChI is InChI=1S/C18H15BrINO3/c1-2-24-18(23)15(16(21)11-7-9-12(20)10-8-11)17(22)13-5-3-4-6-14(13)19/h3-10H,2,21H2,1H3/b16-15-. The molecule has 2 N–H and O–H groups in total. The Labute approximate surface area is 162 Å². The zero-order chi connectivity index (χ0) is 17.7. The molecule has 2 aromatic rings. The number of esters is 1. The highest BCUT2D eigenvalue weighted by atomic mass is 127. The molecule has 124 valence electrons. The van der Waals surface area contributed by atoms with E-state index >= 15 is 0 Å². The molecule has 0 saturated heterocycles. The van der Waals surface area contributed by atoms with Crippen molar-refractivity contribution >= 4 is 56.0 Å². The van der Waals surface area contributed by atoms with Crippen LogP contribution in [0.3, 0.4) is 0 Å². The minimum atomic E-state index is -0.727. The fourth-order valence-corrected chi connectivity index (χ4v) is 2.91. The number of carbonyl (C=O) groups is 2. The first-order valence-electron chi connectivity index (χ1n) is 7.17. The summed E-state index contributed by atoms with van der Waals surface area (Å²) >= 11 is 5.50. The topological polar surface area (TPSA) is 69.4 Å². The Morgan fingerprint density at radius 2 is 1.75 bits per heavy atom. The summed E-state index contributed by atoms with van der Waals surface area (Å²) in [7, 11) is 0. The van der Waals surface area contributed by atoms with Crippen LogP contribution in [0.5, 0.6) is 0 Å². The van der Waals surface area contributed by atoms with Crippen LogP contribution in [0.1, 0.15) is 22.8 Å². The number of hydrogen-bond acceptors (Lipinski definition) is 4. The highest BCUT2D eigenvalue weighted by Gasteiger charge is 2.26. The molecule has 0 radical (unpaired) electrons. The van der Waals surface area contributed by atoms with Gasteiger partial charge in [0.15, 0.2) is 0 Å². The predicted molar refractivity (Wildman–Crippen MR) is 105 cm³/mol. The number of benzene rings is 2. The van der Waals surface area contributed by atoms with Crippen LogP contribution in [0.2, 0.25) is 0 Å². The molecule has 2 aromatic carbocycles. The first-order chi connectivity index (χ1) is 11.5. The fraction of sp³-hybridized carbons (Fsp3) is 0.111. The molecule has 0 aliphatic carbocycles. The molecule has 0 aliphatic rings. The van der Waals surface area contributed by atoms with E-state index in [4.69, 9.17) is 10.5 Å². The Kier molecular flexibility index (Phi) is 6.56. The first kappa shape index (κ1) is 18.7. The molecular weight excluding hydrogens is 485 g/mol. The van der Waals surface area contributed by atoms with Gasteiger partial charge in [0.1, 0.15) is 5.57 Å². The zero-order valence-corrected chi connectivity index (χ0v) is 16.6. The Hall–Kier alpha value is -1.67. The van der Waals surface area contributed by atoms with Crippen molar-refractivity contribution in [1.82, 2.24) is 0 Å². The summed E-state index contributed by atoms with van der Waals surface area (Å²) in [5.41, 5.74) is 7.04. The van der Waals surface area contributed by atoms with Gasteiger partial charge in [0.25, 0.3) is 0 Å². The van der Waals surface area contributed by atoms with Crippen molar-refractivity contribution < 1.29 is 14.3 Å². The Balaban J connectivity index is 2.58. The third kappa shape index (κ3) is 4.24. The molecule has 6 heteroatoms. The molecule has 0 bridgehead atoms. The van der Waals surface area contributed by atoms with E-state index < -0.39 is 11.8 Å². The third-order valence-corrected chi connectivity index (χ3v) is 4.66. The monoisotopic (exact) mass is 499 g/mol. The molecule has 0 amide bonds. The van der Waals surface area contributed by atoms with Gasteiger partial charge in [-0.2, -0.15) is 0 Å². The maximum absolute atomic E-state index is 12.9. The number of halogens is 2. The Bertz CT molecular complexity index is 800. The second kappa shape index (κ2) is 8.43. The maximum atomic E-state index is 12.9. The number of Topliss-reactive ketones (excluding diaryl/α,β-unsaturated/α-hetero) is 1. The van der Waals surface area contributed by atoms with Crippen LogP contribution in [0.25, 0.3) is 5.70 Å². The summed E-state index contributed by atoms with van der Waals surface area (Å²) in [5, 5.41) is 0. The molecule has 0 fully saturated rings. The average molecular weight is 500 g/mol. The molecule has 0 spiro atoms. The number of ether oxygens (including phenoxy) is 1. The first-order valence-corrected chi connectivity index (χ1v) is 9.05. The van der Waals surface area contributed by atoms with Crippen molar-refractivity contribution in [1.29, 1.82) is 0 Å². The van der Waals surface area contributed by atoms with Gasteiger partial charge in [0, 0.05) is 13.6 Å². The highest BCUT2D eigenvalue weighted by molar-refractivity contribution is 14.1. The Morgan fingerprint density at radius 1 is 1.12 bits per heavy atom. The molecule has 0 unspecified atom stereocenters. The summed E-state index contributed by atoms with van der Waals surface area (Å²) in [6.45, 7) is 1.84. The fourth-order valence-electron chi connectivity index (χ4n) is 2.08. The molecular formula is C18H15BrINO3. The normalized spacial score (nSPS) is 11.6. The van der Waals surface area contributed by atoms with Crippen molar-refractivity contribution in [2.24, 2.45) is 5.73 Å². The van der Waals surface area contributed by atoms with E-state index in [0.717, 1.165) is 3.57 Å². The minimum Gasteiger partial charge on any atom is -0.462 e. The van der Waals surface area contributed by atoms with Gasteiger partial charge in [-0.25, -0.2) is 4.79 Å². The lowest BCUT2D eigenvalue weighted by Crippen LogP contribution is -2.21. The molecule has 0 saturated carbocycles. The van der Waals surface area contributed by atoms with Gasteiger partial charge in [0.05, 0.1) is 12.3 Å². The molecule has 0 aromatic heterocycles. The number of carbonyl (C=O) groups excluding carboxylic acids is 2. The molecule has 0 heterocycles. The SMILES string of the molecule is CCOC(=O)/C(C(=O)c1ccccc1Br)=C(\N)c1ccc(I)cc1. The largest absolute Gasteiger partial charge is 0.462 e.